The number of nitrogens with zero attached hydrogens (tertiary/aromatic N) is 1. The molecule has 0 aliphatic carbocycles. The Morgan fingerprint density at radius 1 is 1.27 bits per heavy atom. The van der Waals surface area contributed by atoms with Crippen molar-refractivity contribution in [3.05, 3.63) is 36.0 Å². The SMILES string of the molecule is CC(C)c1cn(CCS)c2ccccc12. The van der Waals surface area contributed by atoms with E-state index in [1.54, 1.807) is 0 Å². The maximum atomic E-state index is 4.30. The van der Waals surface area contributed by atoms with E-state index in [4.69, 9.17) is 0 Å². The molecule has 0 bridgehead atoms. The van der Waals surface area contributed by atoms with E-state index in [-0.39, 0.29) is 0 Å². The summed E-state index contributed by atoms with van der Waals surface area (Å²) in [5.74, 6) is 1.46. The Morgan fingerprint density at radius 2 is 2.00 bits per heavy atom. The number of aryl methyl sites for hydroxylation is 1. The van der Waals surface area contributed by atoms with Crippen molar-refractivity contribution in [3.63, 3.8) is 0 Å². The van der Waals surface area contributed by atoms with E-state index in [0.29, 0.717) is 5.92 Å². The van der Waals surface area contributed by atoms with Gasteiger partial charge in [-0.15, -0.1) is 0 Å². The van der Waals surface area contributed by atoms with Gasteiger partial charge >= 0.3 is 0 Å². The molecule has 0 amide bonds. The van der Waals surface area contributed by atoms with Crippen LogP contribution in [0, 0.1) is 0 Å². The zero-order valence-electron chi connectivity index (χ0n) is 9.27. The van der Waals surface area contributed by atoms with E-state index in [9.17, 15) is 0 Å². The van der Waals surface area contributed by atoms with Gasteiger partial charge in [-0.1, -0.05) is 32.0 Å². The molecule has 2 rings (SSSR count). The van der Waals surface area contributed by atoms with Crippen LogP contribution in [-0.4, -0.2) is 10.3 Å². The highest BCUT2D eigenvalue weighted by molar-refractivity contribution is 7.80. The van der Waals surface area contributed by atoms with E-state index < -0.39 is 0 Å². The second kappa shape index (κ2) is 4.31. The van der Waals surface area contributed by atoms with Crippen LogP contribution < -0.4 is 0 Å². The highest BCUT2D eigenvalue weighted by Gasteiger charge is 2.09. The first-order valence-corrected chi connectivity index (χ1v) is 6.06. The lowest BCUT2D eigenvalue weighted by molar-refractivity contribution is 0.789. The summed E-state index contributed by atoms with van der Waals surface area (Å²) in [6, 6.07) is 8.60. The first-order chi connectivity index (χ1) is 7.24. The molecule has 0 spiro atoms. The highest BCUT2D eigenvalue weighted by Crippen LogP contribution is 2.27. The first kappa shape index (κ1) is 10.6. The zero-order valence-corrected chi connectivity index (χ0v) is 10.2. The largest absolute Gasteiger partial charge is 0.346 e. The minimum atomic E-state index is 0.580. The third kappa shape index (κ3) is 1.91. The topological polar surface area (TPSA) is 4.93 Å². The molecule has 1 heterocycles. The number of rotatable bonds is 3. The van der Waals surface area contributed by atoms with Crippen molar-refractivity contribution >= 4 is 23.5 Å². The van der Waals surface area contributed by atoms with Crippen molar-refractivity contribution in [2.75, 3.05) is 5.75 Å². The predicted octanol–water partition coefficient (Wildman–Crippen LogP) is 3.69. The van der Waals surface area contributed by atoms with Crippen molar-refractivity contribution in [3.8, 4) is 0 Å². The molecule has 1 aromatic carbocycles. The van der Waals surface area contributed by atoms with Gasteiger partial charge in [-0.2, -0.15) is 12.6 Å². The standard InChI is InChI=1S/C13H17NS/c1-10(2)12-9-14(7-8-15)13-6-4-3-5-11(12)13/h3-6,9-10,15H,7-8H2,1-2H3. The third-order valence-electron chi connectivity index (χ3n) is 2.78. The number of para-hydroxylation sites is 1. The Morgan fingerprint density at radius 3 is 2.67 bits per heavy atom. The summed E-state index contributed by atoms with van der Waals surface area (Å²) in [7, 11) is 0. The Balaban J connectivity index is 2.62. The average molecular weight is 219 g/mol. The molecule has 80 valence electrons. The van der Waals surface area contributed by atoms with Gasteiger partial charge in [0.2, 0.25) is 0 Å². The predicted molar refractivity (Wildman–Crippen MR) is 69.9 cm³/mol. The molecule has 15 heavy (non-hydrogen) atoms. The summed E-state index contributed by atoms with van der Waals surface area (Å²) < 4.78 is 2.30. The molecule has 0 saturated carbocycles. The van der Waals surface area contributed by atoms with Gasteiger partial charge < -0.3 is 4.57 Å². The number of benzene rings is 1. The average Bonchev–Trinajstić information content (AvgIpc) is 2.59. The molecule has 0 N–H and O–H groups in total. The lowest BCUT2D eigenvalue weighted by Gasteiger charge is -2.01. The van der Waals surface area contributed by atoms with Gasteiger partial charge in [0, 0.05) is 29.4 Å². The van der Waals surface area contributed by atoms with Gasteiger partial charge in [0.15, 0.2) is 0 Å². The van der Waals surface area contributed by atoms with Crippen LogP contribution in [0.3, 0.4) is 0 Å². The molecule has 0 aliphatic heterocycles. The van der Waals surface area contributed by atoms with E-state index in [1.807, 2.05) is 0 Å². The van der Waals surface area contributed by atoms with Crippen LogP contribution in [0.25, 0.3) is 10.9 Å². The van der Waals surface area contributed by atoms with Crippen molar-refractivity contribution in [1.82, 2.24) is 4.57 Å². The summed E-state index contributed by atoms with van der Waals surface area (Å²) in [6.45, 7) is 5.47. The minimum Gasteiger partial charge on any atom is -0.346 e. The molecule has 2 aromatic rings. The lowest BCUT2D eigenvalue weighted by Crippen LogP contribution is -1.96. The van der Waals surface area contributed by atoms with Crippen LogP contribution in [0.1, 0.15) is 25.3 Å². The summed E-state index contributed by atoms with van der Waals surface area (Å²) in [5.41, 5.74) is 2.77. The van der Waals surface area contributed by atoms with Crippen molar-refractivity contribution < 1.29 is 0 Å². The quantitative estimate of drug-likeness (QED) is 0.751. The van der Waals surface area contributed by atoms with Crippen molar-refractivity contribution in [2.24, 2.45) is 0 Å². The fourth-order valence-corrected chi connectivity index (χ4v) is 2.24. The van der Waals surface area contributed by atoms with Gasteiger partial charge in [0.25, 0.3) is 0 Å². The smallest absolute Gasteiger partial charge is 0.0483 e. The second-order valence-corrected chi connectivity index (χ2v) is 4.62. The monoisotopic (exact) mass is 219 g/mol. The number of hydrogen-bond acceptors (Lipinski definition) is 1. The van der Waals surface area contributed by atoms with Crippen LogP contribution in [-0.2, 0) is 6.54 Å². The molecule has 0 aliphatic rings. The molecule has 0 radical (unpaired) electrons. The van der Waals surface area contributed by atoms with Gasteiger partial charge in [-0.3, -0.25) is 0 Å². The molecule has 2 heteroatoms. The van der Waals surface area contributed by atoms with Crippen LogP contribution in [0.4, 0.5) is 0 Å². The highest BCUT2D eigenvalue weighted by atomic mass is 32.1. The van der Waals surface area contributed by atoms with Crippen LogP contribution in [0.15, 0.2) is 30.5 Å². The van der Waals surface area contributed by atoms with Gasteiger partial charge in [0.05, 0.1) is 0 Å². The number of hydrogen-bond donors (Lipinski definition) is 1. The fraction of sp³-hybridized carbons (Fsp3) is 0.385. The summed E-state index contributed by atoms with van der Waals surface area (Å²) in [5, 5.41) is 1.38. The molecule has 0 unspecified atom stereocenters. The third-order valence-corrected chi connectivity index (χ3v) is 2.98. The van der Waals surface area contributed by atoms with Crippen LogP contribution >= 0.6 is 12.6 Å². The molecular weight excluding hydrogens is 202 g/mol. The zero-order chi connectivity index (χ0) is 10.8. The molecule has 1 aromatic heterocycles. The molecule has 0 saturated heterocycles. The van der Waals surface area contributed by atoms with Crippen LogP contribution in [0.5, 0.6) is 0 Å². The van der Waals surface area contributed by atoms with E-state index in [0.717, 1.165) is 12.3 Å². The number of thiol groups is 1. The number of fused-ring (bicyclic) bond motifs is 1. The minimum absolute atomic E-state index is 0.580. The fourth-order valence-electron chi connectivity index (χ4n) is 2.03. The van der Waals surface area contributed by atoms with Crippen LogP contribution in [0.2, 0.25) is 0 Å². The van der Waals surface area contributed by atoms with E-state index in [2.05, 4.69) is 61.5 Å². The van der Waals surface area contributed by atoms with Gasteiger partial charge in [-0.25, -0.2) is 0 Å². The normalized spacial score (nSPS) is 11.5. The van der Waals surface area contributed by atoms with Crippen molar-refractivity contribution in [2.45, 2.75) is 26.3 Å². The molecular formula is C13H17NS. The first-order valence-electron chi connectivity index (χ1n) is 5.42. The molecule has 0 atom stereocenters. The Bertz CT molecular complexity index is 457. The van der Waals surface area contributed by atoms with E-state index >= 15 is 0 Å². The lowest BCUT2D eigenvalue weighted by atomic mass is 10.0. The summed E-state index contributed by atoms with van der Waals surface area (Å²) in [6.07, 6.45) is 2.27. The van der Waals surface area contributed by atoms with Gasteiger partial charge in [0.1, 0.15) is 0 Å². The Hall–Kier alpha value is -0.890. The Labute approximate surface area is 96.5 Å². The molecule has 0 fully saturated rings. The summed E-state index contributed by atoms with van der Waals surface area (Å²) >= 11 is 4.30. The Kier molecular flexibility index (Phi) is 3.06. The molecule has 1 nitrogen and oxygen atoms in total. The maximum Gasteiger partial charge on any atom is 0.0483 e. The number of aromatic nitrogens is 1. The maximum absolute atomic E-state index is 4.30. The van der Waals surface area contributed by atoms with Gasteiger partial charge in [-0.05, 0) is 17.5 Å². The summed E-state index contributed by atoms with van der Waals surface area (Å²) in [4.78, 5) is 0. The van der Waals surface area contributed by atoms with Crippen molar-refractivity contribution in [1.29, 1.82) is 0 Å². The second-order valence-electron chi connectivity index (χ2n) is 4.17. The van der Waals surface area contributed by atoms with E-state index in [1.165, 1.54) is 16.5 Å².